The Kier molecular flexibility index (Phi) is 5.80. The average Bonchev–Trinajstić information content (AvgIpc) is 3.48. The number of hydrogen-bond acceptors (Lipinski definition) is 6. The number of carbonyl (C=O) groups is 1. The molecule has 0 aliphatic heterocycles. The Bertz CT molecular complexity index is 1500. The van der Waals surface area contributed by atoms with Gasteiger partial charge in [-0.1, -0.05) is 17.7 Å². The third-order valence-corrected chi connectivity index (χ3v) is 5.10. The van der Waals surface area contributed by atoms with Crippen molar-refractivity contribution < 1.29 is 23.0 Å². The van der Waals surface area contributed by atoms with Crippen molar-refractivity contribution in [1.29, 1.82) is 0 Å². The Morgan fingerprint density at radius 3 is 2.71 bits per heavy atom. The van der Waals surface area contributed by atoms with E-state index in [2.05, 4.69) is 25.6 Å². The van der Waals surface area contributed by atoms with E-state index in [0.29, 0.717) is 17.1 Å². The van der Waals surface area contributed by atoms with Crippen molar-refractivity contribution >= 4 is 17.2 Å². The molecule has 3 heterocycles. The topological polar surface area (TPSA) is 106 Å². The third-order valence-electron chi connectivity index (χ3n) is 5.10. The minimum atomic E-state index is -3.05. The minimum absolute atomic E-state index is 0.117. The van der Waals surface area contributed by atoms with Gasteiger partial charge in [-0.25, -0.2) is 9.50 Å². The van der Waals surface area contributed by atoms with Gasteiger partial charge in [0.05, 0.1) is 23.8 Å². The van der Waals surface area contributed by atoms with Crippen LogP contribution in [0.4, 0.5) is 14.5 Å². The second-order valence-electron chi connectivity index (χ2n) is 7.51. The highest BCUT2D eigenvalue weighted by atomic mass is 19.3. The van der Waals surface area contributed by atoms with Crippen molar-refractivity contribution in [1.82, 2.24) is 24.8 Å². The first kappa shape index (κ1) is 22.0. The Labute approximate surface area is 197 Å². The molecular formula is C24H18F2N6O3. The zero-order valence-corrected chi connectivity index (χ0v) is 18.3. The maximum absolute atomic E-state index is 13.1. The Morgan fingerprint density at radius 2 is 1.91 bits per heavy atom. The maximum atomic E-state index is 13.1. The van der Waals surface area contributed by atoms with E-state index >= 15 is 0 Å². The molecule has 0 unspecified atom stereocenters. The average molecular weight is 476 g/mol. The Morgan fingerprint density at radius 1 is 1.11 bits per heavy atom. The van der Waals surface area contributed by atoms with Gasteiger partial charge in [0.1, 0.15) is 22.8 Å². The number of anilines is 1. The van der Waals surface area contributed by atoms with Crippen LogP contribution in [-0.2, 0) is 0 Å². The van der Waals surface area contributed by atoms with Crippen LogP contribution >= 0.6 is 0 Å². The summed E-state index contributed by atoms with van der Waals surface area (Å²) in [4.78, 5) is 17.1. The molecule has 0 atom stereocenters. The number of fused-ring (bicyclic) bond motifs is 1. The van der Waals surface area contributed by atoms with Crippen LogP contribution in [-0.4, -0.2) is 37.3 Å². The number of aromatic amines is 1. The lowest BCUT2D eigenvalue weighted by Crippen LogP contribution is -2.12. The molecule has 3 aromatic heterocycles. The molecule has 2 N–H and O–H groups in total. The number of nitrogens with zero attached hydrogens (tertiary/aromatic N) is 4. The molecule has 2 aromatic carbocycles. The second-order valence-corrected chi connectivity index (χ2v) is 7.51. The summed E-state index contributed by atoms with van der Waals surface area (Å²) in [5.74, 6) is 0.338. The van der Waals surface area contributed by atoms with Crippen molar-refractivity contribution in [3.8, 4) is 28.5 Å². The van der Waals surface area contributed by atoms with Gasteiger partial charge in [0, 0.05) is 18.0 Å². The highest BCUT2D eigenvalue weighted by Crippen LogP contribution is 2.38. The molecule has 35 heavy (non-hydrogen) atoms. The quantitative estimate of drug-likeness (QED) is 0.340. The van der Waals surface area contributed by atoms with Crippen LogP contribution in [0.15, 0.2) is 73.3 Å². The van der Waals surface area contributed by atoms with Crippen LogP contribution in [0.2, 0.25) is 0 Å². The number of nitrogens with one attached hydrogen (secondary N) is 2. The number of halogens is 2. The van der Waals surface area contributed by atoms with E-state index in [1.165, 1.54) is 35.1 Å². The lowest BCUT2D eigenvalue weighted by atomic mass is 10.1. The molecule has 1 amide bonds. The van der Waals surface area contributed by atoms with Crippen LogP contribution in [0, 0.1) is 6.92 Å². The summed E-state index contributed by atoms with van der Waals surface area (Å²) in [7, 11) is 0. The zero-order valence-electron chi connectivity index (χ0n) is 18.3. The van der Waals surface area contributed by atoms with Crippen LogP contribution in [0.25, 0.3) is 16.9 Å². The van der Waals surface area contributed by atoms with E-state index < -0.39 is 12.5 Å². The van der Waals surface area contributed by atoms with Crippen LogP contribution in [0.1, 0.15) is 15.9 Å². The lowest BCUT2D eigenvalue weighted by Gasteiger charge is -2.14. The first-order chi connectivity index (χ1) is 17.0. The smallest absolute Gasteiger partial charge is 0.387 e. The number of alkyl halides is 2. The van der Waals surface area contributed by atoms with Crippen molar-refractivity contribution in [3.05, 3.63) is 84.4 Å². The standard InChI is InChI=1S/C24H18F2N6O3/c1-14-3-5-15(6-4-14)34-16-7-8-20(35-24(25)26)17(11-16)21-19(13-28-31-21)30-23(33)18-12-29-32-10-2-9-27-22(18)32/h2-13,24H,1H3,(H,28,31)(H,30,33). The largest absolute Gasteiger partial charge is 0.457 e. The predicted octanol–water partition coefficient (Wildman–Crippen LogP) is 5.07. The molecule has 0 radical (unpaired) electrons. The number of rotatable bonds is 7. The SMILES string of the molecule is Cc1ccc(Oc2ccc(OC(F)F)c(-c3[nH]ncc3NC(=O)c3cnn4cccnc34)c2)cc1. The highest BCUT2D eigenvalue weighted by Gasteiger charge is 2.21. The van der Waals surface area contributed by atoms with Gasteiger partial charge in [-0.3, -0.25) is 9.89 Å². The molecule has 5 rings (SSSR count). The predicted molar refractivity (Wildman–Crippen MR) is 123 cm³/mol. The van der Waals surface area contributed by atoms with E-state index in [4.69, 9.17) is 9.47 Å². The fourth-order valence-corrected chi connectivity index (χ4v) is 3.47. The van der Waals surface area contributed by atoms with Crippen molar-refractivity contribution in [2.45, 2.75) is 13.5 Å². The molecule has 0 bridgehead atoms. The number of hydrogen-bond donors (Lipinski definition) is 2. The van der Waals surface area contributed by atoms with Gasteiger partial charge in [0.2, 0.25) is 0 Å². The summed E-state index contributed by atoms with van der Waals surface area (Å²) >= 11 is 0. The maximum Gasteiger partial charge on any atom is 0.387 e. The van der Waals surface area contributed by atoms with E-state index in [1.54, 1.807) is 30.6 Å². The molecule has 5 aromatic rings. The van der Waals surface area contributed by atoms with Gasteiger partial charge in [0.15, 0.2) is 5.65 Å². The molecule has 0 saturated carbocycles. The van der Waals surface area contributed by atoms with Crippen LogP contribution in [0.3, 0.4) is 0 Å². The molecular weight excluding hydrogens is 458 g/mol. The second kappa shape index (κ2) is 9.21. The molecule has 176 valence electrons. The third kappa shape index (κ3) is 4.64. The number of benzene rings is 2. The summed E-state index contributed by atoms with van der Waals surface area (Å²) in [5, 5.41) is 13.6. The molecule has 0 saturated heterocycles. The molecule has 0 spiro atoms. The van der Waals surface area contributed by atoms with Gasteiger partial charge in [0.25, 0.3) is 5.91 Å². The van der Waals surface area contributed by atoms with Crippen molar-refractivity contribution in [2.75, 3.05) is 5.32 Å². The number of ether oxygens (including phenoxy) is 2. The summed E-state index contributed by atoms with van der Waals surface area (Å²) in [6.45, 7) is -1.10. The van der Waals surface area contributed by atoms with Gasteiger partial charge in [-0.2, -0.15) is 19.0 Å². The number of carbonyl (C=O) groups excluding carboxylic acids is 1. The van der Waals surface area contributed by atoms with Gasteiger partial charge < -0.3 is 14.8 Å². The van der Waals surface area contributed by atoms with Crippen molar-refractivity contribution in [3.63, 3.8) is 0 Å². The fourth-order valence-electron chi connectivity index (χ4n) is 3.47. The number of H-pyrrole nitrogens is 1. The summed E-state index contributed by atoms with van der Waals surface area (Å²) in [6, 6.07) is 13.5. The van der Waals surface area contributed by atoms with E-state index in [0.717, 1.165) is 5.56 Å². The number of aryl methyl sites for hydroxylation is 1. The molecule has 0 fully saturated rings. The van der Waals surface area contributed by atoms with Gasteiger partial charge in [-0.05, 0) is 43.3 Å². The van der Waals surface area contributed by atoms with E-state index in [1.807, 2.05) is 19.1 Å². The Hall–Kier alpha value is -4.80. The number of amides is 1. The highest BCUT2D eigenvalue weighted by molar-refractivity contribution is 6.09. The van der Waals surface area contributed by atoms with E-state index in [9.17, 15) is 13.6 Å². The van der Waals surface area contributed by atoms with Crippen LogP contribution in [0.5, 0.6) is 17.2 Å². The molecule has 0 aliphatic rings. The Balaban J connectivity index is 1.48. The molecule has 11 heteroatoms. The summed E-state index contributed by atoms with van der Waals surface area (Å²) < 4.78 is 38.3. The van der Waals surface area contributed by atoms with Gasteiger partial charge >= 0.3 is 6.61 Å². The van der Waals surface area contributed by atoms with E-state index in [-0.39, 0.29) is 28.3 Å². The summed E-state index contributed by atoms with van der Waals surface area (Å²) in [5.41, 5.74) is 2.40. The summed E-state index contributed by atoms with van der Waals surface area (Å²) in [6.07, 6.45) is 5.96. The first-order valence-corrected chi connectivity index (χ1v) is 10.4. The fraction of sp³-hybridized carbons (Fsp3) is 0.0833. The first-order valence-electron chi connectivity index (χ1n) is 10.4. The normalized spacial score (nSPS) is 11.1. The minimum Gasteiger partial charge on any atom is -0.457 e. The monoisotopic (exact) mass is 476 g/mol. The number of aromatic nitrogens is 5. The lowest BCUT2D eigenvalue weighted by molar-refractivity contribution is -0.0494. The van der Waals surface area contributed by atoms with Crippen LogP contribution < -0.4 is 14.8 Å². The van der Waals surface area contributed by atoms with Gasteiger partial charge in [-0.15, -0.1) is 0 Å². The van der Waals surface area contributed by atoms with Crippen molar-refractivity contribution in [2.24, 2.45) is 0 Å². The molecule has 0 aliphatic carbocycles. The molecule has 9 nitrogen and oxygen atoms in total. The zero-order chi connectivity index (χ0) is 24.4.